The molecule has 0 spiro atoms. The number of rotatable bonds is 6. The normalized spacial score (nSPS) is 26.0. The van der Waals surface area contributed by atoms with E-state index in [2.05, 4.69) is 16.8 Å². The summed E-state index contributed by atoms with van der Waals surface area (Å²) in [6.07, 6.45) is 8.98. The molecule has 2 N–H and O–H groups in total. The van der Waals surface area contributed by atoms with Gasteiger partial charge in [0.1, 0.15) is 5.75 Å². The molecule has 0 bridgehead atoms. The Kier molecular flexibility index (Phi) is 6.22. The number of hydrogen-bond donors (Lipinski definition) is 1. The van der Waals surface area contributed by atoms with E-state index in [1.54, 1.807) is 0 Å². The highest BCUT2D eigenvalue weighted by atomic mass is 16.5. The minimum Gasteiger partial charge on any atom is -0.491 e. The summed E-state index contributed by atoms with van der Waals surface area (Å²) in [6, 6.07) is 4.51. The Hall–Kier alpha value is -1.59. The Labute approximate surface area is 169 Å². The summed E-state index contributed by atoms with van der Waals surface area (Å²) in [5, 5.41) is 0. The van der Waals surface area contributed by atoms with Crippen LogP contribution in [-0.4, -0.2) is 61.5 Å². The lowest BCUT2D eigenvalue weighted by atomic mass is 9.82. The zero-order chi connectivity index (χ0) is 19.5. The molecule has 5 heteroatoms. The van der Waals surface area contributed by atoms with Gasteiger partial charge in [0.25, 0.3) is 0 Å². The lowest BCUT2D eigenvalue weighted by Crippen LogP contribution is -2.49. The van der Waals surface area contributed by atoms with E-state index < -0.39 is 0 Å². The van der Waals surface area contributed by atoms with Gasteiger partial charge in [0, 0.05) is 56.2 Å². The van der Waals surface area contributed by atoms with Gasteiger partial charge in [0.2, 0.25) is 0 Å². The van der Waals surface area contributed by atoms with Gasteiger partial charge in [0.15, 0.2) is 5.78 Å². The first-order valence-electron chi connectivity index (χ1n) is 11.1. The van der Waals surface area contributed by atoms with Crippen LogP contribution in [0.4, 0.5) is 5.69 Å². The van der Waals surface area contributed by atoms with Gasteiger partial charge in [-0.3, -0.25) is 9.69 Å². The minimum atomic E-state index is 0.257. The number of nitrogens with zero attached hydrogens (tertiary/aromatic N) is 2. The number of nitrogens with two attached hydrogens (primary N) is 1. The minimum absolute atomic E-state index is 0.257. The topological polar surface area (TPSA) is 58.8 Å². The predicted octanol–water partition coefficient (Wildman–Crippen LogP) is 3.36. The van der Waals surface area contributed by atoms with Gasteiger partial charge in [0.05, 0.1) is 12.3 Å². The molecule has 1 aromatic carbocycles. The molecule has 4 rings (SSSR count). The molecule has 0 aromatic heterocycles. The maximum Gasteiger partial charge on any atom is 0.163 e. The lowest BCUT2D eigenvalue weighted by molar-refractivity contribution is 0.0795. The van der Waals surface area contributed by atoms with Crippen LogP contribution in [0.5, 0.6) is 5.75 Å². The quantitative estimate of drug-likeness (QED) is 0.601. The molecule has 0 atom stereocenters. The van der Waals surface area contributed by atoms with Crippen LogP contribution < -0.4 is 10.5 Å². The van der Waals surface area contributed by atoms with E-state index in [1.807, 2.05) is 12.1 Å². The Balaban J connectivity index is 1.20. The van der Waals surface area contributed by atoms with Crippen molar-refractivity contribution >= 4 is 11.5 Å². The number of nitrogen functional groups attached to an aromatic ring is 1. The summed E-state index contributed by atoms with van der Waals surface area (Å²) >= 11 is 0. The number of benzene rings is 1. The van der Waals surface area contributed by atoms with Gasteiger partial charge >= 0.3 is 0 Å². The van der Waals surface area contributed by atoms with Crippen LogP contribution >= 0.6 is 0 Å². The number of ether oxygens (including phenoxy) is 1. The monoisotopic (exact) mass is 385 g/mol. The van der Waals surface area contributed by atoms with Crippen molar-refractivity contribution in [2.24, 2.45) is 5.92 Å². The summed E-state index contributed by atoms with van der Waals surface area (Å²) < 4.78 is 5.60. The Morgan fingerprint density at radius 3 is 2.64 bits per heavy atom. The smallest absolute Gasteiger partial charge is 0.163 e. The summed E-state index contributed by atoms with van der Waals surface area (Å²) in [4.78, 5) is 17.9. The van der Waals surface area contributed by atoms with Crippen LogP contribution in [0.25, 0.3) is 0 Å². The van der Waals surface area contributed by atoms with E-state index in [-0.39, 0.29) is 5.78 Å². The second-order valence-electron chi connectivity index (χ2n) is 8.94. The second-order valence-corrected chi connectivity index (χ2v) is 8.94. The van der Waals surface area contributed by atoms with Crippen molar-refractivity contribution in [1.82, 2.24) is 9.80 Å². The number of hydrogen-bond acceptors (Lipinski definition) is 5. The molecule has 3 aliphatic rings. The summed E-state index contributed by atoms with van der Waals surface area (Å²) in [5.41, 5.74) is 8.48. The zero-order valence-corrected chi connectivity index (χ0v) is 17.3. The van der Waals surface area contributed by atoms with Gasteiger partial charge in [-0.1, -0.05) is 6.42 Å². The van der Waals surface area contributed by atoms with E-state index in [4.69, 9.17) is 10.5 Å². The maximum atomic E-state index is 12.7. The molecule has 0 unspecified atom stereocenters. The van der Waals surface area contributed by atoms with E-state index in [1.165, 1.54) is 58.3 Å². The molecule has 2 fully saturated rings. The van der Waals surface area contributed by atoms with Crippen LogP contribution in [0.15, 0.2) is 12.1 Å². The largest absolute Gasteiger partial charge is 0.491 e. The fourth-order valence-corrected chi connectivity index (χ4v) is 5.25. The van der Waals surface area contributed by atoms with Gasteiger partial charge in [-0.25, -0.2) is 0 Å². The zero-order valence-electron chi connectivity index (χ0n) is 17.3. The van der Waals surface area contributed by atoms with E-state index in [9.17, 15) is 4.79 Å². The molecular weight excluding hydrogens is 350 g/mol. The molecule has 0 radical (unpaired) electrons. The van der Waals surface area contributed by atoms with E-state index >= 15 is 0 Å². The fraction of sp³-hybridized carbons (Fsp3) is 0.696. The van der Waals surface area contributed by atoms with Crippen molar-refractivity contribution < 1.29 is 9.53 Å². The number of fused-ring (bicyclic) bond motifs is 1. The van der Waals surface area contributed by atoms with Gasteiger partial charge in [-0.2, -0.15) is 0 Å². The average Bonchev–Trinajstić information content (AvgIpc) is 3.20. The highest BCUT2D eigenvalue weighted by Crippen LogP contribution is 2.35. The summed E-state index contributed by atoms with van der Waals surface area (Å²) in [6.45, 7) is 5.52. The molecule has 1 saturated heterocycles. The molecule has 154 valence electrons. The molecule has 28 heavy (non-hydrogen) atoms. The highest BCUT2D eigenvalue weighted by molar-refractivity contribution is 5.99. The molecule has 1 aliphatic carbocycles. The first kappa shape index (κ1) is 19.7. The molecule has 1 saturated carbocycles. The van der Waals surface area contributed by atoms with Gasteiger partial charge < -0.3 is 15.4 Å². The molecular formula is C23H35N3O2. The SMILES string of the molecule is CN1CCN(C2CCC(CCCC(=O)c3ccc(N)c4c3CCO4)CC2)CC1. The van der Waals surface area contributed by atoms with E-state index in [0.29, 0.717) is 18.7 Å². The molecule has 2 aliphatic heterocycles. The number of Topliss-reactive ketones (excluding diaryl/α,β-unsaturated/α-hetero) is 1. The first-order chi connectivity index (χ1) is 13.6. The molecule has 2 heterocycles. The van der Waals surface area contributed by atoms with Crippen LogP contribution in [0.1, 0.15) is 60.9 Å². The van der Waals surface area contributed by atoms with Crippen LogP contribution in [0.2, 0.25) is 0 Å². The predicted molar refractivity (Wildman–Crippen MR) is 113 cm³/mol. The van der Waals surface area contributed by atoms with Crippen LogP contribution in [0, 0.1) is 5.92 Å². The van der Waals surface area contributed by atoms with Crippen molar-refractivity contribution in [3.8, 4) is 5.75 Å². The molecule has 5 nitrogen and oxygen atoms in total. The number of likely N-dealkylation sites (N-methyl/N-ethyl adjacent to an activating group) is 1. The third-order valence-corrected chi connectivity index (χ3v) is 7.08. The fourth-order valence-electron chi connectivity index (χ4n) is 5.25. The lowest BCUT2D eigenvalue weighted by Gasteiger charge is -2.41. The van der Waals surface area contributed by atoms with E-state index in [0.717, 1.165) is 41.7 Å². The standard InChI is InChI=1S/C23H35N3O2/c1-25-12-14-26(15-13-25)18-7-5-17(6-8-18)3-2-4-22(27)19-9-10-21(24)23-20(19)11-16-28-23/h9-10,17-18H,2-8,11-16,24H2,1H3. The van der Waals surface area contributed by atoms with Crippen LogP contribution in [0.3, 0.4) is 0 Å². The Morgan fingerprint density at radius 2 is 1.89 bits per heavy atom. The number of carbonyl (C=O) groups excluding carboxylic acids is 1. The van der Waals surface area contributed by atoms with Crippen molar-refractivity contribution in [1.29, 1.82) is 0 Å². The third kappa shape index (κ3) is 4.36. The molecule has 1 aromatic rings. The van der Waals surface area contributed by atoms with Crippen LogP contribution in [-0.2, 0) is 6.42 Å². The van der Waals surface area contributed by atoms with Gasteiger partial charge in [-0.15, -0.1) is 0 Å². The molecule has 0 amide bonds. The third-order valence-electron chi connectivity index (χ3n) is 7.08. The highest BCUT2D eigenvalue weighted by Gasteiger charge is 2.28. The first-order valence-corrected chi connectivity index (χ1v) is 11.1. The summed E-state index contributed by atoms with van der Waals surface area (Å²) in [5.74, 6) is 1.80. The van der Waals surface area contributed by atoms with Crippen molar-refractivity contribution in [2.45, 2.75) is 57.4 Å². The number of ketones is 1. The number of anilines is 1. The van der Waals surface area contributed by atoms with Crippen molar-refractivity contribution in [2.75, 3.05) is 45.6 Å². The second kappa shape index (κ2) is 8.83. The van der Waals surface area contributed by atoms with Gasteiger partial charge in [-0.05, 0) is 57.2 Å². The van der Waals surface area contributed by atoms with Crippen molar-refractivity contribution in [3.63, 3.8) is 0 Å². The van der Waals surface area contributed by atoms with Crippen molar-refractivity contribution in [3.05, 3.63) is 23.3 Å². The number of carbonyl (C=O) groups is 1. The Bertz CT molecular complexity index is 689. The number of piperazine rings is 1. The maximum absolute atomic E-state index is 12.7. The summed E-state index contributed by atoms with van der Waals surface area (Å²) in [7, 11) is 2.22. The Morgan fingerprint density at radius 1 is 1.14 bits per heavy atom. The average molecular weight is 386 g/mol.